The summed E-state index contributed by atoms with van der Waals surface area (Å²) in [6.45, 7) is 11.2. The summed E-state index contributed by atoms with van der Waals surface area (Å²) in [5.74, 6) is 0.898. The van der Waals surface area contributed by atoms with Crippen molar-refractivity contribution in [3.8, 4) is 0 Å². The van der Waals surface area contributed by atoms with Crippen LogP contribution in [-0.4, -0.2) is 22.7 Å². The van der Waals surface area contributed by atoms with Crippen LogP contribution < -0.4 is 5.12 Å². The largest absolute Gasteiger partial charge is 0.267 e. The van der Waals surface area contributed by atoms with Gasteiger partial charge in [0.05, 0.1) is 6.54 Å². The van der Waals surface area contributed by atoms with Gasteiger partial charge in [0.15, 0.2) is 5.82 Å². The van der Waals surface area contributed by atoms with Gasteiger partial charge in [-0.1, -0.05) is 11.1 Å². The maximum Gasteiger partial charge on any atom is 0.164 e. The third-order valence-corrected chi connectivity index (χ3v) is 2.61. The number of hydrogen-bond donors (Lipinski definition) is 0. The average Bonchev–Trinajstić information content (AvgIpc) is 2.31. The average molecular weight is 250 g/mol. The van der Waals surface area contributed by atoms with E-state index >= 15 is 0 Å². The molecule has 98 valence electrons. The Labute approximate surface area is 107 Å². The highest BCUT2D eigenvalue weighted by molar-refractivity contribution is 5.55. The van der Waals surface area contributed by atoms with E-state index in [4.69, 9.17) is 0 Å². The Balaban J connectivity index is 2.78. The Bertz CT molecular complexity index is 468. The predicted octanol–water partition coefficient (Wildman–Crippen LogP) is 3.09. The maximum atomic E-state index is 14.0. The van der Waals surface area contributed by atoms with Crippen LogP contribution in [0.15, 0.2) is 17.3 Å². The van der Waals surface area contributed by atoms with Crippen molar-refractivity contribution in [2.75, 3.05) is 11.7 Å². The second-order valence-electron chi connectivity index (χ2n) is 4.09. The van der Waals surface area contributed by atoms with Crippen molar-refractivity contribution in [1.29, 1.82) is 0 Å². The lowest BCUT2D eigenvalue weighted by Crippen LogP contribution is -2.18. The molecule has 18 heavy (non-hydrogen) atoms. The number of aryl methyl sites for hydroxylation is 2. The molecule has 0 saturated heterocycles. The minimum Gasteiger partial charge on any atom is -0.267 e. The smallest absolute Gasteiger partial charge is 0.164 e. The first-order valence-corrected chi connectivity index (χ1v) is 5.87. The number of anilines is 1. The molecule has 0 N–H and O–H groups in total. The number of hydrogen-bond acceptors (Lipinski definition) is 4. The molecule has 0 spiro atoms. The van der Waals surface area contributed by atoms with Crippen LogP contribution in [0.3, 0.4) is 0 Å². The third kappa shape index (κ3) is 3.61. The second kappa shape index (κ2) is 6.23. The van der Waals surface area contributed by atoms with Gasteiger partial charge in [-0.2, -0.15) is 5.12 Å². The quantitative estimate of drug-likeness (QED) is 0.595. The van der Waals surface area contributed by atoms with Gasteiger partial charge in [0.1, 0.15) is 5.82 Å². The molecule has 0 aliphatic rings. The monoisotopic (exact) mass is 250 g/mol. The van der Waals surface area contributed by atoms with Gasteiger partial charge in [-0.15, -0.1) is 0 Å². The molecule has 0 unspecified atom stereocenters. The second-order valence-corrected chi connectivity index (χ2v) is 4.09. The molecular formula is C13H19FN4. The number of aromatic nitrogens is 2. The van der Waals surface area contributed by atoms with Crippen LogP contribution in [-0.2, 0) is 0 Å². The van der Waals surface area contributed by atoms with Crippen molar-refractivity contribution < 1.29 is 4.48 Å². The van der Waals surface area contributed by atoms with E-state index in [-0.39, 0.29) is 6.54 Å². The van der Waals surface area contributed by atoms with Crippen molar-refractivity contribution in [3.05, 3.63) is 29.4 Å². The van der Waals surface area contributed by atoms with E-state index in [1.807, 2.05) is 13.8 Å². The minimum absolute atomic E-state index is 0.187. The zero-order chi connectivity index (χ0) is 13.7. The number of halogens is 1. The summed E-state index contributed by atoms with van der Waals surface area (Å²) < 4.78 is 14.0. The molecule has 0 atom stereocenters. The topological polar surface area (TPSA) is 41.4 Å². The Morgan fingerprint density at radius 1 is 1.39 bits per heavy atom. The molecule has 0 bridgehead atoms. The lowest BCUT2D eigenvalue weighted by atomic mass is 10.2. The van der Waals surface area contributed by atoms with E-state index in [0.717, 1.165) is 11.3 Å². The number of aliphatic imine (C=N–C) groups is 1. The van der Waals surface area contributed by atoms with Crippen LogP contribution in [0.2, 0.25) is 0 Å². The van der Waals surface area contributed by atoms with E-state index < -0.39 is 0 Å². The van der Waals surface area contributed by atoms with E-state index in [9.17, 15) is 4.48 Å². The Kier molecular flexibility index (Phi) is 4.95. The lowest BCUT2D eigenvalue weighted by Gasteiger charge is -2.16. The molecule has 1 aromatic rings. The molecule has 0 aromatic carbocycles. The van der Waals surface area contributed by atoms with Crippen LogP contribution in [0, 0.1) is 20.8 Å². The van der Waals surface area contributed by atoms with E-state index in [0.29, 0.717) is 28.9 Å². The van der Waals surface area contributed by atoms with Crippen molar-refractivity contribution in [1.82, 2.24) is 9.97 Å². The van der Waals surface area contributed by atoms with Gasteiger partial charge in [0, 0.05) is 29.6 Å². The molecule has 0 radical (unpaired) electrons. The van der Waals surface area contributed by atoms with E-state index in [2.05, 4.69) is 21.5 Å². The lowest BCUT2D eigenvalue weighted by molar-refractivity contribution is 0.426. The molecule has 4 nitrogen and oxygen atoms in total. The highest BCUT2D eigenvalue weighted by Crippen LogP contribution is 2.20. The highest BCUT2D eigenvalue weighted by atomic mass is 19.2. The van der Waals surface area contributed by atoms with Gasteiger partial charge < -0.3 is 0 Å². The van der Waals surface area contributed by atoms with Gasteiger partial charge in [-0.3, -0.25) is 4.99 Å². The molecule has 0 aliphatic heterocycles. The molecule has 1 heterocycles. The van der Waals surface area contributed by atoms with Crippen LogP contribution >= 0.6 is 0 Å². The summed E-state index contributed by atoms with van der Waals surface area (Å²) in [7, 11) is 0. The van der Waals surface area contributed by atoms with Crippen molar-refractivity contribution in [3.63, 3.8) is 0 Å². The van der Waals surface area contributed by atoms with Crippen LogP contribution in [0.4, 0.5) is 10.3 Å². The fraction of sp³-hybridized carbons (Fsp3) is 0.462. The fourth-order valence-electron chi connectivity index (χ4n) is 1.57. The normalized spacial score (nSPS) is 10.9. The van der Waals surface area contributed by atoms with Crippen LogP contribution in [0.25, 0.3) is 0 Å². The summed E-state index contributed by atoms with van der Waals surface area (Å²) in [6, 6.07) is 0. The summed E-state index contributed by atoms with van der Waals surface area (Å²) in [5.41, 5.74) is 2.21. The Morgan fingerprint density at radius 2 is 2.06 bits per heavy atom. The van der Waals surface area contributed by atoms with E-state index in [1.165, 1.54) is 0 Å². The fourth-order valence-corrected chi connectivity index (χ4v) is 1.57. The summed E-state index contributed by atoms with van der Waals surface area (Å²) in [4.78, 5) is 12.3. The summed E-state index contributed by atoms with van der Waals surface area (Å²) in [5, 5.41) is 0.632. The van der Waals surface area contributed by atoms with Gasteiger partial charge >= 0.3 is 0 Å². The third-order valence-electron chi connectivity index (χ3n) is 2.61. The highest BCUT2D eigenvalue weighted by Gasteiger charge is 2.13. The SMILES string of the molecule is C=C(CCN(F)c1nc(C)nc(C)c1C)N=CC. The standard InChI is InChI=1S/C13H19FN4/c1-6-15-9(2)7-8-18(14)13-10(3)11(4)16-12(5)17-13/h6H,2,7-8H2,1,3-5H3. The van der Waals surface area contributed by atoms with Gasteiger partial charge in [0.25, 0.3) is 0 Å². The van der Waals surface area contributed by atoms with Gasteiger partial charge in [0.2, 0.25) is 0 Å². The Morgan fingerprint density at radius 3 is 2.67 bits per heavy atom. The summed E-state index contributed by atoms with van der Waals surface area (Å²) in [6.07, 6.45) is 2.11. The molecule has 0 aliphatic carbocycles. The molecule has 0 amide bonds. The van der Waals surface area contributed by atoms with Crippen LogP contribution in [0.1, 0.15) is 30.4 Å². The van der Waals surface area contributed by atoms with Crippen molar-refractivity contribution in [2.24, 2.45) is 4.99 Å². The molecule has 0 fully saturated rings. The first-order valence-electron chi connectivity index (χ1n) is 5.87. The Hall–Kier alpha value is -1.78. The zero-order valence-electron chi connectivity index (χ0n) is 11.4. The number of rotatable bonds is 5. The maximum absolute atomic E-state index is 14.0. The van der Waals surface area contributed by atoms with Crippen LogP contribution in [0.5, 0.6) is 0 Å². The first-order chi connectivity index (χ1) is 8.45. The van der Waals surface area contributed by atoms with Crippen molar-refractivity contribution >= 4 is 12.0 Å². The van der Waals surface area contributed by atoms with Gasteiger partial charge in [-0.05, 0) is 27.7 Å². The molecule has 1 rings (SSSR count). The molecular weight excluding hydrogens is 231 g/mol. The van der Waals surface area contributed by atoms with Gasteiger partial charge in [-0.25, -0.2) is 9.97 Å². The molecule has 1 aromatic heterocycles. The first kappa shape index (κ1) is 14.3. The summed E-state index contributed by atoms with van der Waals surface area (Å²) >= 11 is 0. The van der Waals surface area contributed by atoms with E-state index in [1.54, 1.807) is 20.1 Å². The molecule has 5 heteroatoms. The predicted molar refractivity (Wildman–Crippen MR) is 72.6 cm³/mol. The molecule has 0 saturated carbocycles. The minimum atomic E-state index is 0.187. The van der Waals surface area contributed by atoms with Crippen molar-refractivity contribution in [2.45, 2.75) is 34.1 Å². The zero-order valence-corrected chi connectivity index (χ0v) is 11.4. The number of nitrogens with zero attached hydrogens (tertiary/aromatic N) is 4.